The predicted molar refractivity (Wildman–Crippen MR) is 80.4 cm³/mol. The number of nitrogens with zero attached hydrogens (tertiary/aromatic N) is 1. The Morgan fingerprint density at radius 2 is 2.00 bits per heavy atom. The fourth-order valence-corrected chi connectivity index (χ4v) is 3.35. The summed E-state index contributed by atoms with van der Waals surface area (Å²) < 4.78 is 0. The van der Waals surface area contributed by atoms with E-state index < -0.39 is 0 Å². The highest BCUT2D eigenvalue weighted by atomic mass is 32.1. The molecule has 1 N–H and O–H groups in total. The summed E-state index contributed by atoms with van der Waals surface area (Å²) >= 11 is 1.83. The first-order valence-electron chi connectivity index (χ1n) is 7.30. The molecule has 1 atom stereocenters. The van der Waals surface area contributed by atoms with Crippen LogP contribution in [0.15, 0.2) is 12.1 Å². The molecular weight excluding hydrogens is 256 g/mol. The molecule has 0 radical (unpaired) electrons. The molecule has 1 fully saturated rings. The molecule has 4 heteroatoms. The van der Waals surface area contributed by atoms with Crippen LogP contribution in [0.25, 0.3) is 0 Å². The number of carbonyl (C=O) groups excluding carboxylic acids is 1. The predicted octanol–water partition coefficient (Wildman–Crippen LogP) is 2.80. The molecule has 19 heavy (non-hydrogen) atoms. The molecule has 0 saturated carbocycles. The van der Waals surface area contributed by atoms with Crippen molar-refractivity contribution in [3.05, 3.63) is 21.9 Å². The SMILES string of the molecule is CCc1ccc(CNC(C)C(=O)N2CCCCC2)s1. The smallest absolute Gasteiger partial charge is 0.239 e. The molecule has 3 nitrogen and oxygen atoms in total. The van der Waals surface area contributed by atoms with Crippen LogP contribution in [0.2, 0.25) is 0 Å². The first-order valence-corrected chi connectivity index (χ1v) is 8.12. The maximum Gasteiger partial charge on any atom is 0.239 e. The second kappa shape index (κ2) is 7.06. The summed E-state index contributed by atoms with van der Waals surface area (Å²) in [6.45, 7) is 6.82. The van der Waals surface area contributed by atoms with Gasteiger partial charge < -0.3 is 10.2 Å². The van der Waals surface area contributed by atoms with Crippen molar-refractivity contribution in [1.29, 1.82) is 0 Å². The molecule has 1 aromatic rings. The van der Waals surface area contributed by atoms with E-state index in [4.69, 9.17) is 0 Å². The minimum Gasteiger partial charge on any atom is -0.341 e. The van der Waals surface area contributed by atoms with Crippen molar-refractivity contribution < 1.29 is 4.79 Å². The van der Waals surface area contributed by atoms with Crippen molar-refractivity contribution in [3.8, 4) is 0 Å². The highest BCUT2D eigenvalue weighted by molar-refractivity contribution is 7.11. The third kappa shape index (κ3) is 4.05. The van der Waals surface area contributed by atoms with Crippen LogP contribution in [0.5, 0.6) is 0 Å². The third-order valence-electron chi connectivity index (χ3n) is 3.69. The molecule has 1 aliphatic rings. The third-order valence-corrected chi connectivity index (χ3v) is 4.92. The van der Waals surface area contributed by atoms with Crippen LogP contribution in [-0.2, 0) is 17.8 Å². The summed E-state index contributed by atoms with van der Waals surface area (Å²) in [5.74, 6) is 0.256. The molecule has 1 aromatic heterocycles. The van der Waals surface area contributed by atoms with Gasteiger partial charge in [0.15, 0.2) is 0 Å². The zero-order valence-electron chi connectivity index (χ0n) is 11.9. The normalized spacial score (nSPS) is 17.5. The van der Waals surface area contributed by atoms with Crippen molar-refractivity contribution in [3.63, 3.8) is 0 Å². The van der Waals surface area contributed by atoms with Gasteiger partial charge in [0, 0.05) is 29.4 Å². The van der Waals surface area contributed by atoms with Crippen LogP contribution in [0.1, 0.15) is 42.9 Å². The van der Waals surface area contributed by atoms with Crippen LogP contribution < -0.4 is 5.32 Å². The molecule has 1 unspecified atom stereocenters. The van der Waals surface area contributed by atoms with Crippen molar-refractivity contribution in [2.24, 2.45) is 0 Å². The van der Waals surface area contributed by atoms with E-state index in [1.54, 1.807) is 0 Å². The number of piperidine rings is 1. The van der Waals surface area contributed by atoms with Gasteiger partial charge in [0.1, 0.15) is 0 Å². The summed E-state index contributed by atoms with van der Waals surface area (Å²) in [6, 6.07) is 4.26. The highest BCUT2D eigenvalue weighted by Crippen LogP contribution is 2.17. The Morgan fingerprint density at radius 1 is 1.32 bits per heavy atom. The van der Waals surface area contributed by atoms with Crippen LogP contribution in [0, 0.1) is 0 Å². The fourth-order valence-electron chi connectivity index (χ4n) is 2.44. The lowest BCUT2D eigenvalue weighted by atomic mass is 10.1. The van der Waals surface area contributed by atoms with E-state index >= 15 is 0 Å². The van der Waals surface area contributed by atoms with Gasteiger partial charge >= 0.3 is 0 Å². The van der Waals surface area contributed by atoms with Gasteiger partial charge in [-0.25, -0.2) is 0 Å². The lowest BCUT2D eigenvalue weighted by molar-refractivity contribution is -0.133. The average Bonchev–Trinajstić information content (AvgIpc) is 2.93. The Balaban J connectivity index is 1.79. The van der Waals surface area contributed by atoms with Gasteiger partial charge in [-0.05, 0) is 44.7 Å². The number of hydrogen-bond acceptors (Lipinski definition) is 3. The fraction of sp³-hybridized carbons (Fsp3) is 0.667. The van der Waals surface area contributed by atoms with E-state index in [1.807, 2.05) is 23.2 Å². The Kier molecular flexibility index (Phi) is 5.40. The topological polar surface area (TPSA) is 32.3 Å². The van der Waals surface area contributed by atoms with Crippen molar-refractivity contribution in [2.75, 3.05) is 13.1 Å². The van der Waals surface area contributed by atoms with Crippen LogP contribution in [0.4, 0.5) is 0 Å². The molecule has 0 aliphatic carbocycles. The van der Waals surface area contributed by atoms with E-state index in [0.29, 0.717) is 0 Å². The van der Waals surface area contributed by atoms with Crippen molar-refractivity contribution in [1.82, 2.24) is 10.2 Å². The second-order valence-electron chi connectivity index (χ2n) is 5.21. The first kappa shape index (κ1) is 14.5. The Hall–Kier alpha value is -0.870. The van der Waals surface area contributed by atoms with E-state index in [0.717, 1.165) is 38.9 Å². The van der Waals surface area contributed by atoms with Gasteiger partial charge in [0.25, 0.3) is 0 Å². The molecule has 106 valence electrons. The summed E-state index contributed by atoms with van der Waals surface area (Å²) in [5, 5.41) is 3.35. The van der Waals surface area contributed by atoms with Crippen molar-refractivity contribution >= 4 is 17.2 Å². The van der Waals surface area contributed by atoms with Crippen LogP contribution in [-0.4, -0.2) is 29.9 Å². The summed E-state index contributed by atoms with van der Waals surface area (Å²) in [6.07, 6.45) is 4.67. The van der Waals surface area contributed by atoms with Gasteiger partial charge in [0.2, 0.25) is 5.91 Å². The Bertz CT molecular complexity index is 410. The largest absolute Gasteiger partial charge is 0.341 e. The first-order chi connectivity index (χ1) is 9.20. The number of rotatable bonds is 5. The van der Waals surface area contributed by atoms with Gasteiger partial charge in [-0.2, -0.15) is 0 Å². The number of carbonyl (C=O) groups is 1. The van der Waals surface area contributed by atoms with Crippen LogP contribution in [0.3, 0.4) is 0 Å². The van der Waals surface area contributed by atoms with Gasteiger partial charge in [-0.3, -0.25) is 4.79 Å². The number of likely N-dealkylation sites (tertiary alicyclic amines) is 1. The van der Waals surface area contributed by atoms with Crippen molar-refractivity contribution in [2.45, 2.75) is 52.1 Å². The minimum absolute atomic E-state index is 0.0784. The number of nitrogens with one attached hydrogen (secondary N) is 1. The molecular formula is C15H24N2OS. The molecule has 0 bridgehead atoms. The highest BCUT2D eigenvalue weighted by Gasteiger charge is 2.21. The molecule has 2 heterocycles. The van der Waals surface area contributed by atoms with E-state index in [9.17, 15) is 4.79 Å². The lowest BCUT2D eigenvalue weighted by Gasteiger charge is -2.29. The summed E-state index contributed by atoms with van der Waals surface area (Å²) in [4.78, 5) is 17.0. The standard InChI is InChI=1S/C15H24N2OS/c1-3-13-7-8-14(19-13)11-16-12(2)15(18)17-9-5-4-6-10-17/h7-8,12,16H,3-6,9-11H2,1-2H3. The second-order valence-corrected chi connectivity index (χ2v) is 6.46. The van der Waals surface area contributed by atoms with E-state index in [1.165, 1.54) is 16.2 Å². The number of hydrogen-bond donors (Lipinski definition) is 1. The summed E-state index contributed by atoms with van der Waals surface area (Å²) in [7, 11) is 0. The zero-order chi connectivity index (χ0) is 13.7. The molecule has 1 saturated heterocycles. The quantitative estimate of drug-likeness (QED) is 0.899. The van der Waals surface area contributed by atoms with Crippen LogP contribution >= 0.6 is 11.3 Å². The number of amides is 1. The average molecular weight is 280 g/mol. The number of aryl methyl sites for hydroxylation is 1. The van der Waals surface area contributed by atoms with Gasteiger partial charge in [-0.15, -0.1) is 11.3 Å². The van der Waals surface area contributed by atoms with Gasteiger partial charge in [-0.1, -0.05) is 6.92 Å². The summed E-state index contributed by atoms with van der Waals surface area (Å²) in [5.41, 5.74) is 0. The van der Waals surface area contributed by atoms with E-state index in [2.05, 4.69) is 24.4 Å². The molecule has 0 aromatic carbocycles. The number of thiophene rings is 1. The molecule has 2 rings (SSSR count). The molecule has 0 spiro atoms. The zero-order valence-corrected chi connectivity index (χ0v) is 12.8. The lowest BCUT2D eigenvalue weighted by Crippen LogP contribution is -2.46. The Morgan fingerprint density at radius 3 is 2.63 bits per heavy atom. The monoisotopic (exact) mass is 280 g/mol. The Labute approximate surface area is 120 Å². The van der Waals surface area contributed by atoms with Gasteiger partial charge in [0.05, 0.1) is 6.04 Å². The molecule has 1 amide bonds. The van der Waals surface area contributed by atoms with E-state index in [-0.39, 0.29) is 11.9 Å². The minimum atomic E-state index is -0.0784. The maximum atomic E-state index is 12.2. The molecule has 1 aliphatic heterocycles. The maximum absolute atomic E-state index is 12.2.